The number of nitriles is 1. The molecule has 0 N–H and O–H groups in total. The molecule has 3 nitrogen and oxygen atoms in total. The first-order chi connectivity index (χ1) is 6.01. The van der Waals surface area contributed by atoms with Gasteiger partial charge < -0.3 is 0 Å². The second-order valence-corrected chi connectivity index (χ2v) is 2.98. The van der Waals surface area contributed by atoms with Gasteiger partial charge in [0, 0.05) is 11.8 Å². The van der Waals surface area contributed by atoms with E-state index in [0.717, 1.165) is 12.4 Å². The van der Waals surface area contributed by atoms with Crippen LogP contribution in [-0.2, 0) is 0 Å². The number of nitrogens with zero attached hydrogens (tertiary/aromatic N) is 3. The number of halogens is 3. The van der Waals surface area contributed by atoms with Gasteiger partial charge in [-0.2, -0.15) is 18.4 Å². The molecule has 1 aromatic heterocycles. The minimum Gasteiger partial charge on any atom is -0.245 e. The lowest BCUT2D eigenvalue weighted by atomic mass is 10.5. The molecular formula is C6H2F3N3S. The maximum atomic E-state index is 11.8. The predicted molar refractivity (Wildman–Crippen MR) is 38.7 cm³/mol. The minimum atomic E-state index is -4.37. The van der Waals surface area contributed by atoms with Crippen molar-refractivity contribution in [2.75, 3.05) is 0 Å². The van der Waals surface area contributed by atoms with Gasteiger partial charge in [-0.3, -0.25) is 0 Å². The van der Waals surface area contributed by atoms with Crippen LogP contribution in [0.5, 0.6) is 0 Å². The summed E-state index contributed by atoms with van der Waals surface area (Å²) in [5, 5.41) is 8.01. The highest BCUT2D eigenvalue weighted by molar-refractivity contribution is 8.00. The topological polar surface area (TPSA) is 49.6 Å². The Morgan fingerprint density at radius 1 is 1.31 bits per heavy atom. The van der Waals surface area contributed by atoms with Crippen molar-refractivity contribution >= 4 is 11.8 Å². The largest absolute Gasteiger partial charge is 0.447 e. The summed E-state index contributed by atoms with van der Waals surface area (Å²) in [5.41, 5.74) is -4.38. The zero-order chi connectivity index (χ0) is 9.90. The van der Waals surface area contributed by atoms with Gasteiger partial charge in [0.05, 0.1) is 12.4 Å². The standard InChI is InChI=1S/C6H2F3N3S/c7-6(8,9)13-5-3-11-4(1-10)2-12-5/h2-3H. The zero-order valence-electron chi connectivity index (χ0n) is 6.04. The van der Waals surface area contributed by atoms with E-state index in [1.165, 1.54) is 0 Å². The molecule has 0 atom stereocenters. The van der Waals surface area contributed by atoms with Crippen molar-refractivity contribution in [1.82, 2.24) is 9.97 Å². The van der Waals surface area contributed by atoms with Crippen molar-refractivity contribution in [2.24, 2.45) is 0 Å². The van der Waals surface area contributed by atoms with Crippen molar-refractivity contribution in [3.63, 3.8) is 0 Å². The Bertz CT molecular complexity index is 326. The fraction of sp³-hybridized carbons (Fsp3) is 0.167. The molecule has 1 aromatic rings. The minimum absolute atomic E-state index is 0.00785. The Labute approximate surface area is 75.6 Å². The van der Waals surface area contributed by atoms with Gasteiger partial charge in [-0.25, -0.2) is 9.97 Å². The summed E-state index contributed by atoms with van der Waals surface area (Å²) in [6, 6.07) is 1.65. The lowest BCUT2D eigenvalue weighted by Gasteiger charge is -2.02. The fourth-order valence-electron chi connectivity index (χ4n) is 0.545. The number of rotatable bonds is 1. The van der Waals surface area contributed by atoms with Crippen molar-refractivity contribution in [3.8, 4) is 6.07 Å². The Morgan fingerprint density at radius 3 is 2.38 bits per heavy atom. The van der Waals surface area contributed by atoms with Crippen molar-refractivity contribution in [3.05, 3.63) is 18.1 Å². The number of hydrogen-bond donors (Lipinski definition) is 0. The van der Waals surface area contributed by atoms with Crippen LogP contribution < -0.4 is 0 Å². The van der Waals surface area contributed by atoms with Crippen LogP contribution in [0.4, 0.5) is 13.2 Å². The fourth-order valence-corrected chi connectivity index (χ4v) is 0.993. The van der Waals surface area contributed by atoms with Crippen molar-refractivity contribution in [2.45, 2.75) is 10.5 Å². The van der Waals surface area contributed by atoms with Gasteiger partial charge in [-0.15, -0.1) is 0 Å². The Balaban J connectivity index is 2.77. The molecule has 0 spiro atoms. The van der Waals surface area contributed by atoms with Crippen LogP contribution in [0.2, 0.25) is 0 Å². The third kappa shape index (κ3) is 3.29. The second-order valence-electron chi connectivity index (χ2n) is 1.90. The summed E-state index contributed by atoms with van der Waals surface area (Å²) < 4.78 is 35.3. The molecule has 1 heterocycles. The average molecular weight is 205 g/mol. The number of alkyl halides is 3. The highest BCUT2D eigenvalue weighted by Crippen LogP contribution is 2.34. The van der Waals surface area contributed by atoms with E-state index in [2.05, 4.69) is 9.97 Å². The normalized spacial score (nSPS) is 10.9. The van der Waals surface area contributed by atoms with E-state index >= 15 is 0 Å². The predicted octanol–water partition coefficient (Wildman–Crippen LogP) is 1.96. The van der Waals surface area contributed by atoms with Crippen LogP contribution in [0.25, 0.3) is 0 Å². The molecule has 1 rings (SSSR count). The van der Waals surface area contributed by atoms with E-state index in [9.17, 15) is 13.2 Å². The van der Waals surface area contributed by atoms with Gasteiger partial charge in [0.25, 0.3) is 0 Å². The molecule has 0 amide bonds. The Morgan fingerprint density at radius 2 is 2.00 bits per heavy atom. The summed E-state index contributed by atoms with van der Waals surface area (Å²) in [6.45, 7) is 0. The molecule has 13 heavy (non-hydrogen) atoms. The van der Waals surface area contributed by atoms with Crippen LogP contribution in [0, 0.1) is 11.3 Å². The first kappa shape index (κ1) is 9.80. The van der Waals surface area contributed by atoms with Gasteiger partial charge in [0.15, 0.2) is 5.69 Å². The van der Waals surface area contributed by atoms with Crippen LogP contribution in [0.1, 0.15) is 5.69 Å². The van der Waals surface area contributed by atoms with E-state index in [-0.39, 0.29) is 22.5 Å². The van der Waals surface area contributed by atoms with Crippen molar-refractivity contribution < 1.29 is 13.2 Å². The molecule has 0 aromatic carbocycles. The van der Waals surface area contributed by atoms with Crippen molar-refractivity contribution in [1.29, 1.82) is 5.26 Å². The maximum absolute atomic E-state index is 11.8. The third-order valence-corrected chi connectivity index (χ3v) is 1.61. The average Bonchev–Trinajstić information content (AvgIpc) is 2.03. The summed E-state index contributed by atoms with van der Waals surface area (Å²) in [6.07, 6.45) is 1.91. The number of aromatic nitrogens is 2. The van der Waals surface area contributed by atoms with E-state index in [0.29, 0.717) is 0 Å². The van der Waals surface area contributed by atoms with Gasteiger partial charge in [0.1, 0.15) is 11.1 Å². The third-order valence-electron chi connectivity index (χ3n) is 0.963. The molecule has 0 saturated carbocycles. The first-order valence-corrected chi connectivity index (χ1v) is 3.81. The first-order valence-electron chi connectivity index (χ1n) is 2.99. The molecule has 0 fully saturated rings. The SMILES string of the molecule is N#Cc1cnc(SC(F)(F)F)cn1. The molecule has 0 saturated heterocycles. The molecule has 0 aliphatic carbocycles. The van der Waals surface area contributed by atoms with Crippen LogP contribution in [0.15, 0.2) is 17.4 Å². The Kier molecular flexibility index (Phi) is 2.72. The molecule has 68 valence electrons. The number of hydrogen-bond acceptors (Lipinski definition) is 4. The molecule has 0 radical (unpaired) electrons. The molecule has 7 heteroatoms. The quantitative estimate of drug-likeness (QED) is 0.657. The van der Waals surface area contributed by atoms with E-state index in [4.69, 9.17) is 5.26 Å². The molecule has 0 aliphatic heterocycles. The summed E-state index contributed by atoms with van der Waals surface area (Å²) in [4.78, 5) is 6.83. The highest BCUT2D eigenvalue weighted by atomic mass is 32.2. The molecule has 0 aliphatic rings. The lowest BCUT2D eigenvalue weighted by Crippen LogP contribution is -2.00. The van der Waals surface area contributed by atoms with E-state index in [1.54, 1.807) is 6.07 Å². The lowest BCUT2D eigenvalue weighted by molar-refractivity contribution is -0.0329. The Hall–Kier alpha value is -1.29. The molecular weight excluding hydrogens is 203 g/mol. The number of thioether (sulfide) groups is 1. The summed E-state index contributed by atoms with van der Waals surface area (Å²) in [7, 11) is 0. The second kappa shape index (κ2) is 3.62. The highest BCUT2D eigenvalue weighted by Gasteiger charge is 2.30. The van der Waals surface area contributed by atoms with E-state index < -0.39 is 5.51 Å². The van der Waals surface area contributed by atoms with Gasteiger partial charge in [-0.1, -0.05) is 0 Å². The van der Waals surface area contributed by atoms with Gasteiger partial charge in [0.2, 0.25) is 0 Å². The zero-order valence-corrected chi connectivity index (χ0v) is 6.85. The monoisotopic (exact) mass is 205 g/mol. The smallest absolute Gasteiger partial charge is 0.245 e. The van der Waals surface area contributed by atoms with E-state index in [1.807, 2.05) is 0 Å². The van der Waals surface area contributed by atoms with Crippen LogP contribution >= 0.6 is 11.8 Å². The van der Waals surface area contributed by atoms with Crippen LogP contribution in [0.3, 0.4) is 0 Å². The maximum Gasteiger partial charge on any atom is 0.447 e. The van der Waals surface area contributed by atoms with Crippen LogP contribution in [-0.4, -0.2) is 15.5 Å². The van der Waals surface area contributed by atoms with Gasteiger partial charge >= 0.3 is 5.51 Å². The molecule has 0 bridgehead atoms. The summed E-state index contributed by atoms with van der Waals surface area (Å²) in [5.74, 6) is 0. The van der Waals surface area contributed by atoms with Gasteiger partial charge in [-0.05, 0) is 0 Å². The molecule has 0 unspecified atom stereocenters. The summed E-state index contributed by atoms with van der Waals surface area (Å²) >= 11 is -0.363.